The molecule has 7 heteroatoms. The number of benzene rings is 1. The van der Waals surface area contributed by atoms with Gasteiger partial charge in [-0.25, -0.2) is 9.37 Å². The van der Waals surface area contributed by atoms with Crippen LogP contribution in [0.25, 0.3) is 0 Å². The number of pyridine rings is 1. The second-order valence-electron chi connectivity index (χ2n) is 4.61. The number of aromatic nitrogens is 1. The molecule has 0 aliphatic heterocycles. The number of nitrogens with one attached hydrogen (secondary N) is 2. The number of amides is 2. The van der Waals surface area contributed by atoms with Gasteiger partial charge in [-0.1, -0.05) is 6.92 Å². The van der Waals surface area contributed by atoms with Gasteiger partial charge in [-0.3, -0.25) is 9.59 Å². The van der Waals surface area contributed by atoms with E-state index in [0.29, 0.717) is 23.7 Å². The molecule has 2 amide bonds. The second kappa shape index (κ2) is 7.88. The van der Waals surface area contributed by atoms with Gasteiger partial charge in [0.15, 0.2) is 0 Å². The number of rotatable bonds is 6. The van der Waals surface area contributed by atoms with Crippen molar-refractivity contribution in [2.24, 2.45) is 0 Å². The first-order chi connectivity index (χ1) is 11.1. The molecule has 2 aromatic rings. The van der Waals surface area contributed by atoms with E-state index in [9.17, 15) is 14.0 Å². The molecule has 0 fully saturated rings. The number of carbonyl (C=O) groups is 2. The van der Waals surface area contributed by atoms with E-state index in [2.05, 4.69) is 15.6 Å². The number of nitrogens with zero attached hydrogens (tertiary/aromatic N) is 1. The van der Waals surface area contributed by atoms with Crippen LogP contribution in [0.4, 0.5) is 10.2 Å². The van der Waals surface area contributed by atoms with Crippen molar-refractivity contribution in [3.8, 4) is 11.5 Å². The van der Waals surface area contributed by atoms with Crippen molar-refractivity contribution in [3.05, 3.63) is 48.4 Å². The van der Waals surface area contributed by atoms with Gasteiger partial charge in [-0.15, -0.1) is 0 Å². The Bertz CT molecular complexity index is 672. The first-order valence-electron chi connectivity index (χ1n) is 7.03. The summed E-state index contributed by atoms with van der Waals surface area (Å²) < 4.78 is 18.3. The minimum absolute atomic E-state index is 0.109. The van der Waals surface area contributed by atoms with Gasteiger partial charge in [-0.05, 0) is 36.4 Å². The predicted molar refractivity (Wildman–Crippen MR) is 82.6 cm³/mol. The van der Waals surface area contributed by atoms with Crippen LogP contribution in [0.1, 0.15) is 13.3 Å². The van der Waals surface area contributed by atoms with Gasteiger partial charge < -0.3 is 15.4 Å². The lowest BCUT2D eigenvalue weighted by atomic mass is 10.3. The summed E-state index contributed by atoms with van der Waals surface area (Å²) in [6, 6.07) is 8.78. The molecule has 0 radical (unpaired) electrons. The van der Waals surface area contributed by atoms with Gasteiger partial charge in [0.05, 0.1) is 12.7 Å². The third kappa shape index (κ3) is 5.39. The maximum absolute atomic E-state index is 12.8. The Hall–Kier alpha value is -2.96. The Morgan fingerprint density at radius 1 is 1.09 bits per heavy atom. The molecule has 0 atom stereocenters. The summed E-state index contributed by atoms with van der Waals surface area (Å²) >= 11 is 0. The molecule has 2 N–H and O–H groups in total. The topological polar surface area (TPSA) is 80.3 Å². The zero-order valence-electron chi connectivity index (χ0n) is 12.5. The SMILES string of the molecule is CCC(=O)NCC(=O)Nc1ccc(Oc2ccc(F)cc2)cn1. The zero-order valence-corrected chi connectivity index (χ0v) is 12.5. The van der Waals surface area contributed by atoms with E-state index in [1.807, 2.05) is 0 Å². The third-order valence-electron chi connectivity index (χ3n) is 2.82. The van der Waals surface area contributed by atoms with E-state index in [-0.39, 0.29) is 24.2 Å². The van der Waals surface area contributed by atoms with Crippen molar-refractivity contribution < 1.29 is 18.7 Å². The highest BCUT2D eigenvalue weighted by molar-refractivity contribution is 5.93. The van der Waals surface area contributed by atoms with Crippen LogP contribution in [0.15, 0.2) is 42.6 Å². The smallest absolute Gasteiger partial charge is 0.244 e. The van der Waals surface area contributed by atoms with Crippen LogP contribution in [0, 0.1) is 5.82 Å². The average molecular weight is 317 g/mol. The third-order valence-corrected chi connectivity index (χ3v) is 2.82. The molecule has 1 aromatic heterocycles. The Morgan fingerprint density at radius 3 is 2.39 bits per heavy atom. The Kier molecular flexibility index (Phi) is 5.62. The lowest BCUT2D eigenvalue weighted by Crippen LogP contribution is -2.32. The van der Waals surface area contributed by atoms with Crippen molar-refractivity contribution in [3.63, 3.8) is 0 Å². The molecule has 6 nitrogen and oxygen atoms in total. The van der Waals surface area contributed by atoms with Gasteiger partial charge in [-0.2, -0.15) is 0 Å². The molecule has 0 aliphatic carbocycles. The second-order valence-corrected chi connectivity index (χ2v) is 4.61. The molecule has 0 spiro atoms. The highest BCUT2D eigenvalue weighted by Crippen LogP contribution is 2.21. The molecular weight excluding hydrogens is 301 g/mol. The van der Waals surface area contributed by atoms with E-state index in [1.165, 1.54) is 30.5 Å². The van der Waals surface area contributed by atoms with Crippen LogP contribution in [-0.2, 0) is 9.59 Å². The first-order valence-corrected chi connectivity index (χ1v) is 7.03. The number of halogens is 1. The van der Waals surface area contributed by atoms with E-state index < -0.39 is 0 Å². The van der Waals surface area contributed by atoms with Gasteiger partial charge in [0.25, 0.3) is 0 Å². The zero-order chi connectivity index (χ0) is 16.7. The molecule has 0 saturated carbocycles. The largest absolute Gasteiger partial charge is 0.456 e. The number of hydrogen-bond donors (Lipinski definition) is 2. The molecule has 2 rings (SSSR count). The summed E-state index contributed by atoms with van der Waals surface area (Å²) in [6.45, 7) is 1.59. The molecular formula is C16H16FN3O3. The lowest BCUT2D eigenvalue weighted by molar-refractivity contribution is -0.123. The fourth-order valence-electron chi connectivity index (χ4n) is 1.64. The number of carbonyl (C=O) groups excluding carboxylic acids is 2. The van der Waals surface area contributed by atoms with Gasteiger partial charge in [0.2, 0.25) is 11.8 Å². The number of anilines is 1. The van der Waals surface area contributed by atoms with E-state index in [4.69, 9.17) is 4.74 Å². The van der Waals surface area contributed by atoms with E-state index in [0.717, 1.165) is 0 Å². The van der Waals surface area contributed by atoms with E-state index in [1.54, 1.807) is 19.1 Å². The van der Waals surface area contributed by atoms with Crippen LogP contribution in [0.3, 0.4) is 0 Å². The highest BCUT2D eigenvalue weighted by atomic mass is 19.1. The van der Waals surface area contributed by atoms with Crippen molar-refractivity contribution in [2.45, 2.75) is 13.3 Å². The molecule has 0 bridgehead atoms. The fraction of sp³-hybridized carbons (Fsp3) is 0.188. The molecule has 0 aliphatic rings. The minimum Gasteiger partial charge on any atom is -0.456 e. The Morgan fingerprint density at radius 2 is 1.78 bits per heavy atom. The van der Waals surface area contributed by atoms with Gasteiger partial charge in [0.1, 0.15) is 23.1 Å². The van der Waals surface area contributed by atoms with Crippen LogP contribution in [-0.4, -0.2) is 23.3 Å². The maximum atomic E-state index is 12.8. The normalized spacial score (nSPS) is 10.0. The van der Waals surface area contributed by atoms with Crippen molar-refractivity contribution in [1.29, 1.82) is 0 Å². The van der Waals surface area contributed by atoms with Crippen molar-refractivity contribution in [2.75, 3.05) is 11.9 Å². The predicted octanol–water partition coefficient (Wildman–Crippen LogP) is 2.48. The monoisotopic (exact) mass is 317 g/mol. The summed E-state index contributed by atoms with van der Waals surface area (Å²) in [7, 11) is 0. The summed E-state index contributed by atoms with van der Waals surface area (Å²) in [6.07, 6.45) is 1.75. The molecule has 120 valence electrons. The first kappa shape index (κ1) is 16.4. The number of hydrogen-bond acceptors (Lipinski definition) is 4. The Balaban J connectivity index is 1.87. The fourth-order valence-corrected chi connectivity index (χ4v) is 1.64. The Labute approximate surface area is 132 Å². The van der Waals surface area contributed by atoms with Crippen LogP contribution in [0.2, 0.25) is 0 Å². The quantitative estimate of drug-likeness (QED) is 0.858. The van der Waals surface area contributed by atoms with Crippen LogP contribution < -0.4 is 15.4 Å². The summed E-state index contributed by atoms with van der Waals surface area (Å²) in [5.41, 5.74) is 0. The molecule has 1 aromatic carbocycles. The van der Waals surface area contributed by atoms with Crippen molar-refractivity contribution >= 4 is 17.6 Å². The highest BCUT2D eigenvalue weighted by Gasteiger charge is 2.06. The van der Waals surface area contributed by atoms with Crippen LogP contribution in [0.5, 0.6) is 11.5 Å². The molecule has 0 saturated heterocycles. The van der Waals surface area contributed by atoms with Gasteiger partial charge >= 0.3 is 0 Å². The lowest BCUT2D eigenvalue weighted by Gasteiger charge is -2.08. The minimum atomic E-state index is -0.369. The molecule has 0 unspecified atom stereocenters. The summed E-state index contributed by atoms with van der Waals surface area (Å²) in [5, 5.41) is 5.02. The summed E-state index contributed by atoms with van der Waals surface area (Å²) in [5.74, 6) is 0.361. The summed E-state index contributed by atoms with van der Waals surface area (Å²) in [4.78, 5) is 26.7. The standard InChI is InChI=1S/C16H16FN3O3/c1-2-15(21)19-10-16(22)20-14-8-7-13(9-18-14)23-12-5-3-11(17)4-6-12/h3-9H,2,10H2,1H3,(H,19,21)(H,18,20,22). The van der Waals surface area contributed by atoms with Gasteiger partial charge in [0, 0.05) is 6.42 Å². The number of ether oxygens (including phenoxy) is 1. The maximum Gasteiger partial charge on any atom is 0.244 e. The van der Waals surface area contributed by atoms with E-state index >= 15 is 0 Å². The molecule has 23 heavy (non-hydrogen) atoms. The van der Waals surface area contributed by atoms with Crippen LogP contribution >= 0.6 is 0 Å². The average Bonchev–Trinajstić information content (AvgIpc) is 2.56. The van der Waals surface area contributed by atoms with Crippen molar-refractivity contribution in [1.82, 2.24) is 10.3 Å². The molecule has 1 heterocycles.